The number of allylic oxidation sites excluding steroid dienone is 2. The number of halogens is 2. The summed E-state index contributed by atoms with van der Waals surface area (Å²) in [6, 6.07) is 31.7. The zero-order chi connectivity index (χ0) is 38.7. The standard InChI is InChI=1S/2C20H21.C6H19BNSi2.2ClH.Zr/c2*1-4-14(2)17-12-16-9-7-11-19(20(16)13-17)18-10-6-5-8-15(18)3;1-9(2,3)8(7)10(4,5)6;;;/h2*5-14H,4H2,1-3H3;7H,1-6H3;2*1H;/q;;+1;;;+1/p-2. The molecule has 0 N–H and O–H groups in total. The molecule has 53 heavy (non-hydrogen) atoms. The van der Waals surface area contributed by atoms with E-state index in [0.29, 0.717) is 11.8 Å². The van der Waals surface area contributed by atoms with Gasteiger partial charge in [-0.05, 0) is 0 Å². The molecule has 4 atom stereocenters. The van der Waals surface area contributed by atoms with Crippen LogP contribution >= 0.6 is 17.0 Å². The van der Waals surface area contributed by atoms with Crippen LogP contribution in [0.25, 0.3) is 34.4 Å². The van der Waals surface area contributed by atoms with Crippen LogP contribution in [0, 0.1) is 25.7 Å². The number of rotatable bonds is 12. The van der Waals surface area contributed by atoms with Gasteiger partial charge in [-0.25, -0.2) is 0 Å². The fourth-order valence-electron chi connectivity index (χ4n) is 9.84. The minimum atomic E-state index is -5.35. The van der Waals surface area contributed by atoms with Crippen molar-refractivity contribution in [2.45, 2.75) is 101 Å². The van der Waals surface area contributed by atoms with Crippen LogP contribution in [0.15, 0.2) is 96.1 Å². The molecule has 0 fully saturated rings. The third-order valence-corrected chi connectivity index (χ3v) is 39.6. The Bertz CT molecular complexity index is 1950. The average Bonchev–Trinajstić information content (AvgIpc) is 3.71. The molecule has 6 rings (SSSR count). The van der Waals surface area contributed by atoms with Crippen molar-refractivity contribution in [2.24, 2.45) is 11.8 Å². The quantitative estimate of drug-likeness (QED) is 0.128. The Morgan fingerprint density at radius 1 is 0.585 bits per heavy atom. The molecule has 0 spiro atoms. The van der Waals surface area contributed by atoms with Crippen molar-refractivity contribution in [1.29, 1.82) is 0 Å². The van der Waals surface area contributed by atoms with Gasteiger partial charge in [0.1, 0.15) is 0 Å². The van der Waals surface area contributed by atoms with Crippen molar-refractivity contribution in [2.75, 3.05) is 0 Å². The maximum atomic E-state index is 9.22. The van der Waals surface area contributed by atoms with Gasteiger partial charge in [-0.3, -0.25) is 0 Å². The van der Waals surface area contributed by atoms with Crippen molar-refractivity contribution >= 4 is 50.6 Å². The fraction of sp³-hybridized carbons (Fsp3) is 0.391. The molecule has 4 aromatic carbocycles. The third kappa shape index (κ3) is 7.35. The fourth-order valence-corrected chi connectivity index (χ4v) is 52.1. The van der Waals surface area contributed by atoms with Crippen LogP contribution in [0.1, 0.15) is 81.2 Å². The van der Waals surface area contributed by atoms with E-state index in [1.54, 1.807) is 0 Å². The minimum absolute atomic E-state index is 0.00517. The summed E-state index contributed by atoms with van der Waals surface area (Å²) in [6.07, 6.45) is 7.20. The maximum absolute atomic E-state index is 9.22. The molecule has 7 heteroatoms. The van der Waals surface area contributed by atoms with E-state index in [4.69, 9.17) is 0 Å². The van der Waals surface area contributed by atoms with E-state index in [2.05, 4.69) is 182 Å². The van der Waals surface area contributed by atoms with Gasteiger partial charge in [0.2, 0.25) is 0 Å². The average molecular weight is 857 g/mol. The second-order valence-electron chi connectivity index (χ2n) is 18.3. The van der Waals surface area contributed by atoms with E-state index in [1.807, 2.05) is 0 Å². The van der Waals surface area contributed by atoms with Gasteiger partial charge >= 0.3 is 335 Å². The number of fused-ring (bicyclic) bond motifs is 2. The molecule has 0 heterocycles. The van der Waals surface area contributed by atoms with Crippen molar-refractivity contribution in [3.05, 3.63) is 129 Å². The Hall–Kier alpha value is -1.72. The summed E-state index contributed by atoms with van der Waals surface area (Å²) in [5.74, 6) is 0.704. The second kappa shape index (κ2) is 15.0. The molecular weight excluding hydrogens is 796 g/mol. The summed E-state index contributed by atoms with van der Waals surface area (Å²) in [5, 5.41) is 0. The van der Waals surface area contributed by atoms with E-state index in [1.165, 1.54) is 66.8 Å². The summed E-state index contributed by atoms with van der Waals surface area (Å²) < 4.78 is 2.93. The monoisotopic (exact) mass is 854 g/mol. The molecule has 2 aliphatic rings. The van der Waals surface area contributed by atoms with Crippen LogP contribution in [0.2, 0.25) is 39.3 Å². The SMILES string of the molecule is CCC(C)C1=Cc2c(-c3ccccc3C)cccc2[CH]1[Zr]([Cl])([Cl])([BH]N([Si](C)(C)C)[Si](C)(C)C)[CH]1C(C(C)CC)=Cc2c(-c3ccccc3C)cccc21. The first-order valence-corrected chi connectivity index (χ1v) is 37.8. The van der Waals surface area contributed by atoms with E-state index < -0.39 is 32.6 Å². The predicted molar refractivity (Wildman–Crippen MR) is 241 cm³/mol. The molecule has 0 aromatic heterocycles. The van der Waals surface area contributed by atoms with Crippen molar-refractivity contribution in [3.63, 3.8) is 0 Å². The zero-order valence-corrected chi connectivity index (χ0v) is 40.3. The van der Waals surface area contributed by atoms with Gasteiger partial charge in [0.25, 0.3) is 0 Å². The molecule has 0 aliphatic heterocycles. The van der Waals surface area contributed by atoms with E-state index in [0.717, 1.165) is 17.8 Å². The summed E-state index contributed by atoms with van der Waals surface area (Å²) in [7, 11) is 14.7. The van der Waals surface area contributed by atoms with Crippen molar-refractivity contribution in [3.8, 4) is 22.3 Å². The normalized spacial score (nSPS) is 19.2. The number of benzene rings is 4. The molecular formula is C46H61BCl2NSi2Zr. The van der Waals surface area contributed by atoms with E-state index in [-0.39, 0.29) is 7.25 Å². The predicted octanol–water partition coefficient (Wildman–Crippen LogP) is 14.5. The van der Waals surface area contributed by atoms with Crippen LogP contribution in [-0.4, -0.2) is 25.6 Å². The van der Waals surface area contributed by atoms with E-state index >= 15 is 0 Å². The van der Waals surface area contributed by atoms with Gasteiger partial charge in [-0.2, -0.15) is 0 Å². The summed E-state index contributed by atoms with van der Waals surface area (Å²) in [5.41, 5.74) is 16.1. The van der Waals surface area contributed by atoms with Gasteiger partial charge in [0, 0.05) is 0 Å². The summed E-state index contributed by atoms with van der Waals surface area (Å²) >= 11 is -5.35. The Morgan fingerprint density at radius 2 is 0.943 bits per heavy atom. The topological polar surface area (TPSA) is 3.24 Å². The Balaban J connectivity index is 1.73. The second-order valence-corrected chi connectivity index (χ2v) is 50.5. The van der Waals surface area contributed by atoms with Gasteiger partial charge in [0.05, 0.1) is 0 Å². The zero-order valence-electron chi connectivity index (χ0n) is 34.4. The third-order valence-electron chi connectivity index (χ3n) is 12.7. The molecule has 2 aliphatic carbocycles. The number of aryl methyl sites for hydroxylation is 2. The first-order valence-electron chi connectivity index (χ1n) is 20.0. The molecule has 279 valence electrons. The Kier molecular flexibility index (Phi) is 11.6. The van der Waals surface area contributed by atoms with Crippen LogP contribution in [0.4, 0.5) is 0 Å². The molecule has 4 unspecified atom stereocenters. The molecule has 1 nitrogen and oxygen atoms in total. The first-order chi connectivity index (χ1) is 24.8. The summed E-state index contributed by atoms with van der Waals surface area (Å²) in [6.45, 7) is 29.1. The van der Waals surface area contributed by atoms with Gasteiger partial charge < -0.3 is 0 Å². The summed E-state index contributed by atoms with van der Waals surface area (Å²) in [4.78, 5) is 0.814. The van der Waals surface area contributed by atoms with Gasteiger partial charge in [0.15, 0.2) is 0 Å². The van der Waals surface area contributed by atoms with Crippen molar-refractivity contribution < 1.29 is 16.2 Å². The molecule has 0 saturated heterocycles. The molecule has 4 aromatic rings. The Morgan fingerprint density at radius 3 is 1.28 bits per heavy atom. The first kappa shape index (κ1) is 40.9. The number of hydrogen-bond acceptors (Lipinski definition) is 1. The van der Waals surface area contributed by atoms with Crippen LogP contribution in [0.5, 0.6) is 0 Å². The van der Waals surface area contributed by atoms with E-state index in [9.17, 15) is 17.0 Å². The molecule has 0 bridgehead atoms. The van der Waals surface area contributed by atoms with Gasteiger partial charge in [-0.1, -0.05) is 0 Å². The Labute approximate surface area is 332 Å². The van der Waals surface area contributed by atoms with Crippen molar-refractivity contribution in [1.82, 2.24) is 4.14 Å². The number of hydrogen-bond donors (Lipinski definition) is 0. The van der Waals surface area contributed by atoms with Crippen LogP contribution < -0.4 is 0 Å². The molecule has 0 amide bonds. The van der Waals surface area contributed by atoms with Gasteiger partial charge in [-0.15, -0.1) is 0 Å². The number of nitrogens with zero attached hydrogens (tertiary/aromatic N) is 1. The van der Waals surface area contributed by atoms with Crippen LogP contribution in [0.3, 0.4) is 0 Å². The molecule has 0 radical (unpaired) electrons. The van der Waals surface area contributed by atoms with Crippen LogP contribution in [-0.2, 0) is 16.2 Å². The molecule has 0 saturated carbocycles.